The van der Waals surface area contributed by atoms with Crippen molar-refractivity contribution in [1.82, 2.24) is 0 Å². The average Bonchev–Trinajstić information content (AvgIpc) is 2.70. The van der Waals surface area contributed by atoms with Gasteiger partial charge in [-0.3, -0.25) is 4.79 Å². The Balaban J connectivity index is 2.87. The van der Waals surface area contributed by atoms with Crippen LogP contribution in [0.5, 0.6) is 0 Å². The number of carbonyl (C=O) groups excluding carboxylic acids is 2. The number of aryl methyl sites for hydroxylation is 1. The lowest BCUT2D eigenvalue weighted by molar-refractivity contribution is -0.119. The zero-order valence-corrected chi connectivity index (χ0v) is 11.6. The van der Waals surface area contributed by atoms with Crippen LogP contribution in [0.3, 0.4) is 0 Å². The zero-order chi connectivity index (χ0) is 13.7. The molecule has 0 aromatic carbocycles. The minimum atomic E-state index is -0.435. The second-order valence-electron chi connectivity index (χ2n) is 4.08. The van der Waals surface area contributed by atoms with Crippen LogP contribution in [0.15, 0.2) is 5.38 Å². The van der Waals surface area contributed by atoms with Crippen molar-refractivity contribution >= 4 is 28.9 Å². The summed E-state index contributed by atoms with van der Waals surface area (Å²) >= 11 is 1.26. The first-order chi connectivity index (χ1) is 8.51. The maximum absolute atomic E-state index is 11.9. The molecule has 1 aromatic rings. The summed E-state index contributed by atoms with van der Waals surface area (Å²) in [6, 6.07) is 0. The van der Waals surface area contributed by atoms with E-state index in [0.717, 1.165) is 5.56 Å². The predicted molar refractivity (Wildman–Crippen MR) is 71.9 cm³/mol. The van der Waals surface area contributed by atoms with Gasteiger partial charge in [0.2, 0.25) is 5.91 Å². The lowest BCUT2D eigenvalue weighted by atomic mass is 10.1. The van der Waals surface area contributed by atoms with Crippen LogP contribution in [0.25, 0.3) is 0 Å². The van der Waals surface area contributed by atoms with Crippen LogP contribution in [-0.2, 0) is 9.53 Å². The number of nitrogens with one attached hydrogen (secondary N) is 1. The fourth-order valence-corrected chi connectivity index (χ4v) is 2.39. The van der Waals surface area contributed by atoms with Crippen LogP contribution in [-0.4, -0.2) is 25.5 Å². The van der Waals surface area contributed by atoms with Crippen LogP contribution in [0.2, 0.25) is 0 Å². The van der Waals surface area contributed by atoms with E-state index in [-0.39, 0.29) is 11.8 Å². The minimum absolute atomic E-state index is 0.132. The van der Waals surface area contributed by atoms with Crippen LogP contribution in [0.1, 0.15) is 28.6 Å². The fraction of sp³-hybridized carbons (Fsp3) is 0.500. The Labute approximate surface area is 110 Å². The minimum Gasteiger partial charge on any atom is -0.465 e. The monoisotopic (exact) mass is 270 g/mol. The molecule has 18 heavy (non-hydrogen) atoms. The molecule has 6 heteroatoms. The topological polar surface area (TPSA) is 81.4 Å². The highest BCUT2D eigenvalue weighted by molar-refractivity contribution is 7.12. The smallest absolute Gasteiger partial charge is 0.350 e. The highest BCUT2D eigenvalue weighted by Crippen LogP contribution is 2.28. The van der Waals surface area contributed by atoms with Crippen LogP contribution in [0.4, 0.5) is 5.69 Å². The van der Waals surface area contributed by atoms with Crippen molar-refractivity contribution < 1.29 is 14.3 Å². The van der Waals surface area contributed by atoms with Gasteiger partial charge < -0.3 is 15.8 Å². The molecule has 0 aliphatic heterocycles. The van der Waals surface area contributed by atoms with Crippen molar-refractivity contribution in [1.29, 1.82) is 0 Å². The number of carbonyl (C=O) groups is 2. The van der Waals surface area contributed by atoms with E-state index in [9.17, 15) is 9.59 Å². The SMILES string of the molecule is COC(=O)c1scc(C)c1NC(=O)C(C)CCN. The lowest BCUT2D eigenvalue weighted by Gasteiger charge is -2.12. The normalized spacial score (nSPS) is 12.0. The van der Waals surface area contributed by atoms with E-state index in [1.807, 2.05) is 19.2 Å². The predicted octanol–water partition coefficient (Wildman–Crippen LogP) is 1.77. The van der Waals surface area contributed by atoms with Gasteiger partial charge in [-0.25, -0.2) is 4.79 Å². The maximum atomic E-state index is 11.9. The summed E-state index contributed by atoms with van der Waals surface area (Å²) in [5.74, 6) is -0.748. The number of esters is 1. The van der Waals surface area contributed by atoms with Gasteiger partial charge in [0.05, 0.1) is 12.8 Å². The Morgan fingerprint density at radius 2 is 2.22 bits per heavy atom. The largest absolute Gasteiger partial charge is 0.465 e. The van der Waals surface area contributed by atoms with E-state index in [2.05, 4.69) is 10.1 Å². The highest BCUT2D eigenvalue weighted by atomic mass is 32.1. The Morgan fingerprint density at radius 3 is 2.78 bits per heavy atom. The Bertz CT molecular complexity index is 443. The first-order valence-corrected chi connectivity index (χ1v) is 6.56. The van der Waals surface area contributed by atoms with E-state index < -0.39 is 5.97 Å². The molecule has 1 heterocycles. The van der Waals surface area contributed by atoms with Gasteiger partial charge in [-0.15, -0.1) is 11.3 Å². The molecule has 1 amide bonds. The molecule has 0 aliphatic rings. The van der Waals surface area contributed by atoms with Crippen LogP contribution in [0, 0.1) is 12.8 Å². The summed E-state index contributed by atoms with van der Waals surface area (Å²) in [4.78, 5) is 23.9. The van der Waals surface area contributed by atoms with Gasteiger partial charge in [-0.2, -0.15) is 0 Å². The summed E-state index contributed by atoms with van der Waals surface area (Å²) in [5.41, 5.74) is 6.82. The Kier molecular flexibility index (Phi) is 5.30. The lowest BCUT2D eigenvalue weighted by Crippen LogP contribution is -2.23. The molecule has 1 rings (SSSR count). The van der Waals surface area contributed by atoms with E-state index in [4.69, 9.17) is 5.73 Å². The average molecular weight is 270 g/mol. The van der Waals surface area contributed by atoms with Crippen molar-refractivity contribution in [2.75, 3.05) is 19.0 Å². The highest BCUT2D eigenvalue weighted by Gasteiger charge is 2.20. The molecule has 0 radical (unpaired) electrons. The summed E-state index contributed by atoms with van der Waals surface area (Å²) in [7, 11) is 1.32. The molecule has 0 saturated heterocycles. The van der Waals surface area contributed by atoms with Gasteiger partial charge in [0.25, 0.3) is 0 Å². The third kappa shape index (κ3) is 3.30. The quantitative estimate of drug-likeness (QED) is 0.799. The van der Waals surface area contributed by atoms with Gasteiger partial charge in [0.15, 0.2) is 0 Å². The van der Waals surface area contributed by atoms with E-state index in [1.54, 1.807) is 0 Å². The molecule has 100 valence electrons. The molecule has 0 spiro atoms. The molecule has 1 unspecified atom stereocenters. The number of hydrogen-bond donors (Lipinski definition) is 2. The van der Waals surface area contributed by atoms with Crippen LogP contribution < -0.4 is 11.1 Å². The Hall–Kier alpha value is -1.40. The number of hydrogen-bond acceptors (Lipinski definition) is 5. The maximum Gasteiger partial charge on any atom is 0.350 e. The zero-order valence-electron chi connectivity index (χ0n) is 10.8. The molecule has 1 atom stereocenters. The molecular weight excluding hydrogens is 252 g/mol. The van der Waals surface area contributed by atoms with Gasteiger partial charge in [0.1, 0.15) is 4.88 Å². The molecule has 0 fully saturated rings. The van der Waals surface area contributed by atoms with Crippen LogP contribution >= 0.6 is 11.3 Å². The number of nitrogens with two attached hydrogens (primary N) is 1. The van der Waals surface area contributed by atoms with Gasteiger partial charge >= 0.3 is 5.97 Å². The third-order valence-corrected chi connectivity index (χ3v) is 3.72. The van der Waals surface area contributed by atoms with E-state index in [1.165, 1.54) is 18.4 Å². The van der Waals surface area contributed by atoms with Gasteiger partial charge in [-0.1, -0.05) is 6.92 Å². The molecule has 5 nitrogen and oxygen atoms in total. The van der Waals surface area contributed by atoms with Crippen molar-refractivity contribution in [3.05, 3.63) is 15.8 Å². The number of anilines is 1. The molecule has 1 aromatic heterocycles. The number of ether oxygens (including phenoxy) is 1. The molecule has 0 bridgehead atoms. The molecular formula is C12H18N2O3S. The number of thiophene rings is 1. The summed E-state index contributed by atoms with van der Waals surface area (Å²) < 4.78 is 4.68. The second kappa shape index (κ2) is 6.51. The first-order valence-electron chi connectivity index (χ1n) is 5.68. The van der Waals surface area contributed by atoms with Crippen molar-refractivity contribution in [3.63, 3.8) is 0 Å². The number of amides is 1. The molecule has 0 aliphatic carbocycles. The third-order valence-electron chi connectivity index (χ3n) is 2.64. The van der Waals surface area contributed by atoms with Crippen molar-refractivity contribution in [3.8, 4) is 0 Å². The summed E-state index contributed by atoms with van der Waals surface area (Å²) in [5, 5.41) is 4.59. The van der Waals surface area contributed by atoms with Crippen molar-refractivity contribution in [2.45, 2.75) is 20.3 Å². The number of methoxy groups -OCH3 is 1. The second-order valence-corrected chi connectivity index (χ2v) is 4.96. The van der Waals surface area contributed by atoms with Crippen molar-refractivity contribution in [2.24, 2.45) is 11.7 Å². The number of rotatable bonds is 5. The molecule has 0 saturated carbocycles. The fourth-order valence-electron chi connectivity index (χ4n) is 1.47. The van der Waals surface area contributed by atoms with Gasteiger partial charge in [-0.05, 0) is 30.8 Å². The summed E-state index contributed by atoms with van der Waals surface area (Å²) in [6.07, 6.45) is 0.614. The standard InChI is InChI=1S/C12H18N2O3S/c1-7(4-5-13)11(15)14-9-8(2)6-18-10(9)12(16)17-3/h6-7H,4-5,13H2,1-3H3,(H,14,15). The van der Waals surface area contributed by atoms with Gasteiger partial charge in [0, 0.05) is 5.92 Å². The first kappa shape index (κ1) is 14.7. The molecule has 3 N–H and O–H groups in total. The Morgan fingerprint density at radius 1 is 1.56 bits per heavy atom. The van der Waals surface area contributed by atoms with E-state index in [0.29, 0.717) is 23.5 Å². The van der Waals surface area contributed by atoms with E-state index >= 15 is 0 Å². The summed E-state index contributed by atoms with van der Waals surface area (Å²) in [6.45, 7) is 4.11.